The van der Waals surface area contributed by atoms with Crippen molar-refractivity contribution in [2.45, 2.75) is 42.7 Å². The Morgan fingerprint density at radius 1 is 0.969 bits per heavy atom. The van der Waals surface area contributed by atoms with E-state index >= 15 is 0 Å². The summed E-state index contributed by atoms with van der Waals surface area (Å²) in [7, 11) is -3.71. The van der Waals surface area contributed by atoms with Gasteiger partial charge in [0.05, 0.1) is 4.90 Å². The van der Waals surface area contributed by atoms with Gasteiger partial charge in [0.25, 0.3) is 5.91 Å². The summed E-state index contributed by atoms with van der Waals surface area (Å²) in [6, 6.07) is 14.0. The van der Waals surface area contributed by atoms with Gasteiger partial charge in [0.15, 0.2) is 0 Å². The van der Waals surface area contributed by atoms with Gasteiger partial charge in [0.2, 0.25) is 15.9 Å². The van der Waals surface area contributed by atoms with E-state index in [-0.39, 0.29) is 35.3 Å². The summed E-state index contributed by atoms with van der Waals surface area (Å²) >= 11 is 0. The van der Waals surface area contributed by atoms with E-state index in [1.165, 1.54) is 33.6 Å². The summed E-state index contributed by atoms with van der Waals surface area (Å²) in [5.74, 6) is -0.521. The minimum absolute atomic E-state index is 0.0411. The quantitative estimate of drug-likeness (QED) is 0.655. The molecule has 168 valence electrons. The van der Waals surface area contributed by atoms with E-state index in [1.54, 1.807) is 12.1 Å². The van der Waals surface area contributed by atoms with Crippen molar-refractivity contribution < 1.29 is 18.0 Å². The second kappa shape index (κ2) is 9.26. The fraction of sp³-hybridized carbons (Fsp3) is 0.333. The second-order valence-corrected chi connectivity index (χ2v) is 10.2. The van der Waals surface area contributed by atoms with Crippen LogP contribution >= 0.6 is 0 Å². The number of carbonyl (C=O) groups is 2. The molecule has 0 saturated carbocycles. The van der Waals surface area contributed by atoms with E-state index in [4.69, 9.17) is 0 Å². The number of benzene rings is 2. The maximum absolute atomic E-state index is 13.1. The number of piperidine rings is 1. The van der Waals surface area contributed by atoms with Crippen LogP contribution in [0.15, 0.2) is 66.1 Å². The first-order valence-corrected chi connectivity index (χ1v) is 12.2. The molecule has 1 aliphatic carbocycles. The summed E-state index contributed by atoms with van der Waals surface area (Å²) in [5, 5.41) is 5.82. The van der Waals surface area contributed by atoms with Crippen molar-refractivity contribution in [1.82, 2.24) is 14.9 Å². The average Bonchev–Trinajstić information content (AvgIpc) is 3.21. The van der Waals surface area contributed by atoms with Crippen molar-refractivity contribution in [3.05, 3.63) is 77.9 Å². The smallest absolute Gasteiger partial charge is 0.251 e. The molecule has 2 aromatic carbocycles. The lowest BCUT2D eigenvalue weighted by Gasteiger charge is -2.32. The molecule has 0 aromatic heterocycles. The third-order valence-electron chi connectivity index (χ3n) is 6.06. The largest absolute Gasteiger partial charge is 0.349 e. The van der Waals surface area contributed by atoms with Gasteiger partial charge in [-0.25, -0.2) is 8.42 Å². The Balaban J connectivity index is 1.39. The summed E-state index contributed by atoms with van der Waals surface area (Å²) in [6.07, 6.45) is 4.16. The summed E-state index contributed by atoms with van der Waals surface area (Å²) in [5.41, 5.74) is 2.93. The third-order valence-corrected chi connectivity index (χ3v) is 7.94. The predicted octanol–water partition coefficient (Wildman–Crippen LogP) is 2.04. The lowest BCUT2D eigenvalue weighted by molar-refractivity contribution is -0.117. The zero-order valence-electron chi connectivity index (χ0n) is 17.8. The van der Waals surface area contributed by atoms with Crippen molar-refractivity contribution >= 4 is 21.8 Å². The molecule has 32 heavy (non-hydrogen) atoms. The van der Waals surface area contributed by atoms with E-state index in [9.17, 15) is 18.0 Å². The van der Waals surface area contributed by atoms with Crippen LogP contribution in [0.5, 0.6) is 0 Å². The van der Waals surface area contributed by atoms with Gasteiger partial charge in [0.1, 0.15) is 0 Å². The van der Waals surface area contributed by atoms with Crippen LogP contribution in [0.3, 0.4) is 0 Å². The van der Waals surface area contributed by atoms with Gasteiger partial charge in [-0.05, 0) is 67.2 Å². The first kappa shape index (κ1) is 22.2. The van der Waals surface area contributed by atoms with Crippen LogP contribution in [0.2, 0.25) is 0 Å². The van der Waals surface area contributed by atoms with Gasteiger partial charge in [-0.15, -0.1) is 0 Å². The lowest BCUT2D eigenvalue weighted by atomic mass is 10.1. The molecule has 1 fully saturated rings. The molecule has 2 N–H and O–H groups in total. The summed E-state index contributed by atoms with van der Waals surface area (Å²) in [4.78, 5) is 24.4. The Bertz CT molecular complexity index is 1100. The van der Waals surface area contributed by atoms with Crippen molar-refractivity contribution in [3.63, 3.8) is 0 Å². The fourth-order valence-corrected chi connectivity index (χ4v) is 5.92. The summed E-state index contributed by atoms with van der Waals surface area (Å²) in [6.45, 7) is 4.04. The first-order chi connectivity index (χ1) is 15.4. The molecule has 1 aliphatic heterocycles. The number of nitrogens with zero attached hydrogens (tertiary/aromatic N) is 1. The van der Waals surface area contributed by atoms with Crippen molar-refractivity contribution in [2.24, 2.45) is 0 Å². The zero-order chi connectivity index (χ0) is 22.7. The minimum atomic E-state index is -3.71. The van der Waals surface area contributed by atoms with E-state index in [0.717, 1.165) is 19.3 Å². The molecule has 1 heterocycles. The topological polar surface area (TPSA) is 95.6 Å². The number of sulfonamides is 1. The highest BCUT2D eigenvalue weighted by Crippen LogP contribution is 2.23. The van der Waals surface area contributed by atoms with E-state index in [2.05, 4.69) is 29.3 Å². The number of amides is 2. The Morgan fingerprint density at radius 3 is 2.25 bits per heavy atom. The molecule has 0 bridgehead atoms. The average molecular weight is 454 g/mol. The minimum Gasteiger partial charge on any atom is -0.349 e. The van der Waals surface area contributed by atoms with Crippen molar-refractivity contribution in [1.29, 1.82) is 0 Å². The van der Waals surface area contributed by atoms with Crippen LogP contribution in [-0.4, -0.2) is 49.7 Å². The van der Waals surface area contributed by atoms with Crippen LogP contribution < -0.4 is 10.6 Å². The molecule has 1 atom stereocenters. The highest BCUT2D eigenvalue weighted by Gasteiger charge is 2.31. The highest BCUT2D eigenvalue weighted by molar-refractivity contribution is 7.89. The van der Waals surface area contributed by atoms with Crippen LogP contribution in [0.25, 0.3) is 0 Å². The Kier molecular flexibility index (Phi) is 6.43. The van der Waals surface area contributed by atoms with Crippen molar-refractivity contribution in [2.75, 3.05) is 13.1 Å². The zero-order valence-corrected chi connectivity index (χ0v) is 18.6. The van der Waals surface area contributed by atoms with E-state index < -0.39 is 10.0 Å². The standard InChI is InChI=1S/C24H27N3O4S/c1-2-23(28)25-20-8-5-13-27(16-20)32(30,31)22-11-9-17(10-12-22)24(29)26-21-14-18-6-3-4-7-19(18)15-21/h2-4,6-7,9-12,20-21H,1,5,8,13-16H2,(H,25,28)(H,26,29)/t20-/m0/s1. The van der Waals surface area contributed by atoms with E-state index in [0.29, 0.717) is 18.5 Å². The Morgan fingerprint density at radius 2 is 1.62 bits per heavy atom. The van der Waals surface area contributed by atoms with Crippen LogP contribution in [0.4, 0.5) is 0 Å². The molecular weight excluding hydrogens is 426 g/mol. The van der Waals surface area contributed by atoms with Crippen LogP contribution in [0, 0.1) is 0 Å². The van der Waals surface area contributed by atoms with Crippen LogP contribution in [-0.2, 0) is 27.7 Å². The van der Waals surface area contributed by atoms with Crippen molar-refractivity contribution in [3.8, 4) is 0 Å². The molecular formula is C24H27N3O4S. The predicted molar refractivity (Wildman–Crippen MR) is 122 cm³/mol. The van der Waals surface area contributed by atoms with Gasteiger partial charge in [-0.3, -0.25) is 9.59 Å². The lowest BCUT2D eigenvalue weighted by Crippen LogP contribution is -2.49. The molecule has 2 aromatic rings. The van der Waals surface area contributed by atoms with Gasteiger partial charge in [-0.1, -0.05) is 30.8 Å². The second-order valence-electron chi connectivity index (χ2n) is 8.29. The molecule has 2 amide bonds. The molecule has 1 saturated heterocycles. The molecule has 4 rings (SSSR count). The molecule has 7 nitrogen and oxygen atoms in total. The number of rotatable bonds is 6. The van der Waals surface area contributed by atoms with Gasteiger partial charge in [-0.2, -0.15) is 4.31 Å². The SMILES string of the molecule is C=CC(=O)N[C@H]1CCCN(S(=O)(=O)c2ccc(C(=O)NC3Cc4ccccc4C3)cc2)C1. The molecule has 2 aliphatic rings. The number of nitrogens with one attached hydrogen (secondary N) is 2. The van der Waals surface area contributed by atoms with Gasteiger partial charge < -0.3 is 10.6 Å². The van der Waals surface area contributed by atoms with Crippen LogP contribution in [0.1, 0.15) is 34.3 Å². The molecule has 0 radical (unpaired) electrons. The number of fused-ring (bicyclic) bond motifs is 1. The number of hydrogen-bond donors (Lipinski definition) is 2. The normalized spacial score (nSPS) is 19.2. The van der Waals surface area contributed by atoms with E-state index in [1.807, 2.05) is 12.1 Å². The van der Waals surface area contributed by atoms with Gasteiger partial charge >= 0.3 is 0 Å². The highest BCUT2D eigenvalue weighted by atomic mass is 32.2. The Hall–Kier alpha value is -2.97. The Labute approximate surface area is 188 Å². The number of hydrogen-bond acceptors (Lipinski definition) is 4. The fourth-order valence-electron chi connectivity index (χ4n) is 4.40. The first-order valence-electron chi connectivity index (χ1n) is 10.8. The number of carbonyl (C=O) groups excluding carboxylic acids is 2. The summed E-state index contributed by atoms with van der Waals surface area (Å²) < 4.78 is 27.5. The monoisotopic (exact) mass is 453 g/mol. The molecule has 0 unspecified atom stereocenters. The maximum atomic E-state index is 13.1. The third kappa shape index (κ3) is 4.76. The molecule has 8 heteroatoms. The maximum Gasteiger partial charge on any atom is 0.251 e. The molecule has 0 spiro atoms. The van der Waals surface area contributed by atoms with Gasteiger partial charge in [0, 0.05) is 30.7 Å².